The summed E-state index contributed by atoms with van der Waals surface area (Å²) in [6.07, 6.45) is 2.75. The molecule has 35 heavy (non-hydrogen) atoms. The third kappa shape index (κ3) is 5.32. The van der Waals surface area contributed by atoms with Crippen LogP contribution in [0.4, 0.5) is 36.2 Å². The first-order chi connectivity index (χ1) is 16.7. The molecule has 9 nitrogen and oxygen atoms in total. The number of nitrogens with one attached hydrogen (secondary N) is 2. The highest BCUT2D eigenvalue weighted by Gasteiger charge is 2.23. The first kappa shape index (κ1) is 24.0. The monoisotopic (exact) mass is 485 g/mol. The van der Waals surface area contributed by atoms with Crippen LogP contribution >= 0.6 is 0 Å². The Bertz CT molecular complexity index is 1270. The maximum absolute atomic E-state index is 14.0. The Morgan fingerprint density at radius 1 is 1.06 bits per heavy atom. The molecule has 0 unspecified atom stereocenters. The standard InChI is InChI=1S/C23H22F3N7O2/c1-32-6-7-33(21(34)12-32)13-2-5-19(29-9-13)31-20-8-18(15(11-30-20)23(27)35)28-10-14-16(24)3-4-17(25)22(14)26/h2-5,8-9,11H,6-7,10,12H2,1H3,(H2,27,35)(H2,28,29,30,31). The van der Waals surface area contributed by atoms with Gasteiger partial charge in [0.15, 0.2) is 11.6 Å². The summed E-state index contributed by atoms with van der Waals surface area (Å²) in [6.45, 7) is 1.20. The van der Waals surface area contributed by atoms with Crippen LogP contribution in [-0.4, -0.2) is 53.4 Å². The van der Waals surface area contributed by atoms with Gasteiger partial charge >= 0.3 is 0 Å². The summed E-state index contributed by atoms with van der Waals surface area (Å²) in [7, 11) is 1.88. The first-order valence-electron chi connectivity index (χ1n) is 10.6. The molecule has 0 radical (unpaired) electrons. The molecular weight excluding hydrogens is 463 g/mol. The van der Waals surface area contributed by atoms with Gasteiger partial charge in [0, 0.05) is 37.5 Å². The minimum atomic E-state index is -1.33. The van der Waals surface area contributed by atoms with Crippen molar-refractivity contribution >= 4 is 34.8 Å². The molecule has 1 aromatic carbocycles. The number of piperazine rings is 1. The number of halogens is 3. The van der Waals surface area contributed by atoms with Crippen molar-refractivity contribution in [3.05, 3.63) is 71.3 Å². The fourth-order valence-electron chi connectivity index (χ4n) is 3.60. The second-order valence-corrected chi connectivity index (χ2v) is 7.96. The average molecular weight is 485 g/mol. The molecule has 2 aromatic heterocycles. The maximum Gasteiger partial charge on any atom is 0.252 e. The normalized spacial score (nSPS) is 14.2. The van der Waals surface area contributed by atoms with Crippen LogP contribution in [0.25, 0.3) is 0 Å². The molecule has 1 aliphatic heterocycles. The SMILES string of the molecule is CN1CCN(c2ccc(Nc3cc(NCc4c(F)ccc(F)c4F)c(C(N)=O)cn3)nc2)C(=O)C1. The lowest BCUT2D eigenvalue weighted by atomic mass is 10.1. The molecule has 3 aromatic rings. The third-order valence-corrected chi connectivity index (χ3v) is 5.49. The summed E-state index contributed by atoms with van der Waals surface area (Å²) < 4.78 is 41.5. The quantitative estimate of drug-likeness (QED) is 0.441. The zero-order chi connectivity index (χ0) is 25.1. The Morgan fingerprint density at radius 3 is 2.49 bits per heavy atom. The number of amides is 2. The van der Waals surface area contributed by atoms with Crippen molar-refractivity contribution < 1.29 is 22.8 Å². The average Bonchev–Trinajstić information content (AvgIpc) is 2.82. The van der Waals surface area contributed by atoms with Crippen molar-refractivity contribution in [1.29, 1.82) is 0 Å². The largest absolute Gasteiger partial charge is 0.380 e. The predicted molar refractivity (Wildman–Crippen MR) is 124 cm³/mol. The fourth-order valence-corrected chi connectivity index (χ4v) is 3.60. The number of likely N-dealkylation sites (N-methyl/N-ethyl adjacent to an activating group) is 1. The number of rotatable bonds is 7. The summed E-state index contributed by atoms with van der Waals surface area (Å²) in [5.74, 6) is -3.63. The maximum atomic E-state index is 14.0. The van der Waals surface area contributed by atoms with Gasteiger partial charge in [-0.2, -0.15) is 0 Å². The minimum absolute atomic E-state index is 0.0214. The summed E-state index contributed by atoms with van der Waals surface area (Å²) >= 11 is 0. The lowest BCUT2D eigenvalue weighted by Crippen LogP contribution is -2.48. The third-order valence-electron chi connectivity index (χ3n) is 5.49. The van der Waals surface area contributed by atoms with E-state index in [2.05, 4.69) is 20.6 Å². The van der Waals surface area contributed by atoms with Gasteiger partial charge in [0.2, 0.25) is 5.91 Å². The van der Waals surface area contributed by atoms with Gasteiger partial charge in [-0.3, -0.25) is 14.5 Å². The topological polar surface area (TPSA) is 116 Å². The predicted octanol–water partition coefficient (Wildman–Crippen LogP) is 2.63. The van der Waals surface area contributed by atoms with E-state index in [-0.39, 0.29) is 23.0 Å². The van der Waals surface area contributed by atoms with E-state index in [0.29, 0.717) is 30.7 Å². The van der Waals surface area contributed by atoms with Crippen LogP contribution in [-0.2, 0) is 11.3 Å². The Kier molecular flexibility index (Phi) is 6.82. The Hall–Kier alpha value is -4.19. The van der Waals surface area contributed by atoms with Crippen molar-refractivity contribution in [3.63, 3.8) is 0 Å². The zero-order valence-corrected chi connectivity index (χ0v) is 18.7. The number of primary amides is 1. The number of hydrogen-bond donors (Lipinski definition) is 3. The van der Waals surface area contributed by atoms with E-state index in [4.69, 9.17) is 5.73 Å². The Balaban J connectivity index is 1.51. The molecule has 0 atom stereocenters. The summed E-state index contributed by atoms with van der Waals surface area (Å²) in [6, 6.07) is 6.32. The fraction of sp³-hybridized carbons (Fsp3) is 0.217. The van der Waals surface area contributed by atoms with Crippen LogP contribution in [0.5, 0.6) is 0 Å². The second-order valence-electron chi connectivity index (χ2n) is 7.96. The van der Waals surface area contributed by atoms with Gasteiger partial charge in [0.1, 0.15) is 17.5 Å². The van der Waals surface area contributed by atoms with Crippen LogP contribution in [0.1, 0.15) is 15.9 Å². The van der Waals surface area contributed by atoms with Gasteiger partial charge in [-0.15, -0.1) is 0 Å². The molecule has 2 amide bonds. The van der Waals surface area contributed by atoms with Crippen molar-refractivity contribution in [2.45, 2.75) is 6.54 Å². The molecule has 1 fully saturated rings. The van der Waals surface area contributed by atoms with E-state index in [1.807, 2.05) is 11.9 Å². The van der Waals surface area contributed by atoms with Crippen molar-refractivity contribution in [2.24, 2.45) is 5.73 Å². The van der Waals surface area contributed by atoms with Crippen molar-refractivity contribution in [2.75, 3.05) is 42.2 Å². The van der Waals surface area contributed by atoms with Crippen LogP contribution in [0.3, 0.4) is 0 Å². The number of carbonyl (C=O) groups excluding carboxylic acids is 2. The molecule has 12 heteroatoms. The lowest BCUT2D eigenvalue weighted by Gasteiger charge is -2.31. The van der Waals surface area contributed by atoms with Crippen LogP contribution in [0.2, 0.25) is 0 Å². The Morgan fingerprint density at radius 2 is 1.80 bits per heavy atom. The van der Waals surface area contributed by atoms with Gasteiger partial charge in [-0.25, -0.2) is 23.1 Å². The van der Waals surface area contributed by atoms with E-state index in [9.17, 15) is 22.8 Å². The zero-order valence-electron chi connectivity index (χ0n) is 18.7. The first-order valence-corrected chi connectivity index (χ1v) is 10.6. The number of anilines is 4. The number of nitrogens with zero attached hydrogens (tertiary/aromatic N) is 4. The molecule has 0 saturated carbocycles. The van der Waals surface area contributed by atoms with Gasteiger partial charge in [-0.05, 0) is 31.3 Å². The summed E-state index contributed by atoms with van der Waals surface area (Å²) in [5.41, 5.74) is 5.63. The lowest BCUT2D eigenvalue weighted by molar-refractivity contribution is -0.120. The molecule has 4 rings (SSSR count). The second kappa shape index (κ2) is 9.97. The van der Waals surface area contributed by atoms with E-state index in [0.717, 1.165) is 12.6 Å². The molecule has 1 aliphatic rings. The van der Waals surface area contributed by atoms with Crippen molar-refractivity contribution in [1.82, 2.24) is 14.9 Å². The van der Waals surface area contributed by atoms with Gasteiger partial charge in [0.25, 0.3) is 5.91 Å². The van der Waals surface area contributed by atoms with Crippen LogP contribution < -0.4 is 21.3 Å². The molecule has 0 bridgehead atoms. The van der Waals surface area contributed by atoms with E-state index in [1.54, 1.807) is 23.2 Å². The Labute approximate surface area is 198 Å². The number of nitrogens with two attached hydrogens (primary N) is 1. The van der Waals surface area contributed by atoms with Gasteiger partial charge < -0.3 is 21.3 Å². The smallest absolute Gasteiger partial charge is 0.252 e. The highest BCUT2D eigenvalue weighted by molar-refractivity contribution is 5.98. The number of aromatic nitrogens is 2. The molecule has 0 spiro atoms. The van der Waals surface area contributed by atoms with E-state index < -0.39 is 35.5 Å². The number of pyridine rings is 2. The molecule has 182 valence electrons. The number of benzene rings is 1. The molecular formula is C23H22F3N7O2. The minimum Gasteiger partial charge on any atom is -0.380 e. The molecule has 3 heterocycles. The molecule has 1 saturated heterocycles. The van der Waals surface area contributed by atoms with Crippen LogP contribution in [0.15, 0.2) is 42.7 Å². The van der Waals surface area contributed by atoms with E-state index in [1.165, 1.54) is 12.3 Å². The number of carbonyl (C=O) groups is 2. The molecule has 0 aliphatic carbocycles. The van der Waals surface area contributed by atoms with E-state index >= 15 is 0 Å². The highest BCUT2D eigenvalue weighted by atomic mass is 19.2. The number of hydrogen-bond acceptors (Lipinski definition) is 7. The molecule has 4 N–H and O–H groups in total. The summed E-state index contributed by atoms with van der Waals surface area (Å²) in [5, 5.41) is 5.67. The van der Waals surface area contributed by atoms with Crippen molar-refractivity contribution in [3.8, 4) is 0 Å². The van der Waals surface area contributed by atoms with Gasteiger partial charge in [0.05, 0.1) is 29.7 Å². The summed E-state index contributed by atoms with van der Waals surface area (Å²) in [4.78, 5) is 36.1. The highest BCUT2D eigenvalue weighted by Crippen LogP contribution is 2.24. The van der Waals surface area contributed by atoms with Crippen LogP contribution in [0, 0.1) is 17.5 Å². The van der Waals surface area contributed by atoms with Gasteiger partial charge in [-0.1, -0.05) is 0 Å².